The molecule has 1 aromatic carbocycles. The summed E-state index contributed by atoms with van der Waals surface area (Å²) in [4.78, 5) is 25.2. The normalized spacial score (nSPS) is 10.7. The zero-order valence-corrected chi connectivity index (χ0v) is 13.6. The maximum atomic E-state index is 11.7. The average molecular weight is 317 g/mol. The van der Waals surface area contributed by atoms with E-state index in [9.17, 15) is 9.59 Å². The molecule has 0 unspecified atom stereocenters. The molecule has 0 saturated carbocycles. The molecular weight excluding hydrogens is 294 g/mol. The second kappa shape index (κ2) is 8.60. The molecule has 0 fully saturated rings. The van der Waals surface area contributed by atoms with Gasteiger partial charge in [-0.25, -0.2) is 10.6 Å². The molecule has 0 aliphatic heterocycles. The maximum Gasteiger partial charge on any atom is 0.328 e. The molecule has 2 aromatic rings. The van der Waals surface area contributed by atoms with Crippen LogP contribution < -0.4 is 27.8 Å². The van der Waals surface area contributed by atoms with E-state index in [1.54, 1.807) is 13.2 Å². The summed E-state index contributed by atoms with van der Waals surface area (Å²) in [7, 11) is 1.56. The summed E-state index contributed by atoms with van der Waals surface area (Å²) in [6, 6.07) is 9.27. The third kappa shape index (κ3) is 5.15. The molecule has 0 spiro atoms. The number of anilines is 1. The number of nitrogens with zero attached hydrogens (tertiary/aromatic N) is 2. The van der Waals surface area contributed by atoms with Crippen LogP contribution in [0.25, 0.3) is 0 Å². The van der Waals surface area contributed by atoms with Crippen molar-refractivity contribution in [2.75, 3.05) is 5.01 Å². The molecule has 0 atom stereocenters. The fraction of sp³-hybridized carbons (Fsp3) is 0.250. The fourth-order valence-electron chi connectivity index (χ4n) is 1.86. The topological polar surface area (TPSA) is 110 Å². The number of aromatic nitrogens is 2. The highest BCUT2D eigenvalue weighted by atomic mass is 16.2. The Bertz CT molecular complexity index is 762. The van der Waals surface area contributed by atoms with Crippen molar-refractivity contribution in [2.45, 2.75) is 20.3 Å². The number of benzene rings is 1. The lowest BCUT2D eigenvalue weighted by Crippen LogP contribution is -2.31. The minimum absolute atomic E-state index is 0.198. The lowest BCUT2D eigenvalue weighted by molar-refractivity contribution is 0.778. The number of nitrogens with two attached hydrogens (primary N) is 2. The number of hydrogen-bond donors (Lipinski definition) is 3. The van der Waals surface area contributed by atoms with Crippen molar-refractivity contribution in [3.05, 3.63) is 74.8 Å². The molecule has 5 N–H and O–H groups in total. The number of H-pyrrole nitrogens is 1. The van der Waals surface area contributed by atoms with Gasteiger partial charge in [0.15, 0.2) is 0 Å². The van der Waals surface area contributed by atoms with E-state index < -0.39 is 11.2 Å². The smallest absolute Gasteiger partial charge is 0.328 e. The SMILES string of the molecule is CC.Cn1cc(C/C(N)=C/N(N)c2ccccc2)c(=O)[nH]c1=O. The van der Waals surface area contributed by atoms with Gasteiger partial charge in [-0.15, -0.1) is 0 Å². The molecule has 2 rings (SSSR count). The summed E-state index contributed by atoms with van der Waals surface area (Å²) in [5.74, 6) is 5.88. The van der Waals surface area contributed by atoms with Crippen molar-refractivity contribution in [1.29, 1.82) is 0 Å². The summed E-state index contributed by atoms with van der Waals surface area (Å²) < 4.78 is 1.29. The van der Waals surface area contributed by atoms with Crippen molar-refractivity contribution in [3.8, 4) is 0 Å². The van der Waals surface area contributed by atoms with Crippen LogP contribution in [0, 0.1) is 0 Å². The van der Waals surface area contributed by atoms with Crippen LogP contribution in [0.5, 0.6) is 0 Å². The number of aromatic amines is 1. The van der Waals surface area contributed by atoms with Gasteiger partial charge >= 0.3 is 5.69 Å². The van der Waals surface area contributed by atoms with Crippen LogP contribution >= 0.6 is 0 Å². The zero-order valence-electron chi connectivity index (χ0n) is 13.6. The Morgan fingerprint density at radius 3 is 2.48 bits per heavy atom. The molecule has 0 amide bonds. The molecule has 23 heavy (non-hydrogen) atoms. The number of allylic oxidation sites excluding steroid dienone is 1. The van der Waals surface area contributed by atoms with Crippen molar-refractivity contribution >= 4 is 5.69 Å². The van der Waals surface area contributed by atoms with Crippen molar-refractivity contribution in [1.82, 2.24) is 9.55 Å². The van der Waals surface area contributed by atoms with Gasteiger partial charge in [0.2, 0.25) is 0 Å². The van der Waals surface area contributed by atoms with E-state index in [0.717, 1.165) is 5.69 Å². The van der Waals surface area contributed by atoms with Crippen LogP contribution in [0.1, 0.15) is 19.4 Å². The van der Waals surface area contributed by atoms with Gasteiger partial charge in [0.05, 0.1) is 5.69 Å². The Balaban J connectivity index is 0.00000127. The number of hydrazine groups is 1. The lowest BCUT2D eigenvalue weighted by Gasteiger charge is -2.14. The molecule has 1 aromatic heterocycles. The number of hydrogen-bond acceptors (Lipinski definition) is 5. The highest BCUT2D eigenvalue weighted by molar-refractivity contribution is 5.47. The Kier molecular flexibility index (Phi) is 6.82. The highest BCUT2D eigenvalue weighted by Crippen LogP contribution is 2.10. The molecule has 1 heterocycles. The minimum Gasteiger partial charge on any atom is -0.401 e. The van der Waals surface area contributed by atoms with Gasteiger partial charge in [-0.05, 0) is 12.1 Å². The standard InChI is InChI=1S/C14H17N5O2.C2H6/c1-18-8-10(13(20)17-14(18)21)7-11(15)9-19(16)12-5-3-2-4-6-12;1-2/h2-6,8-9H,7,15-16H2,1H3,(H,17,20,21);1-2H3/b11-9-;. The molecule has 7 nitrogen and oxygen atoms in total. The summed E-state index contributed by atoms with van der Waals surface area (Å²) in [5, 5.41) is 1.38. The fourth-order valence-corrected chi connectivity index (χ4v) is 1.86. The van der Waals surface area contributed by atoms with E-state index in [4.69, 9.17) is 11.6 Å². The average Bonchev–Trinajstić information content (AvgIpc) is 2.55. The number of para-hydroxylation sites is 1. The molecule has 0 radical (unpaired) electrons. The van der Waals surface area contributed by atoms with E-state index in [1.807, 2.05) is 44.2 Å². The van der Waals surface area contributed by atoms with Gasteiger partial charge in [0.1, 0.15) is 0 Å². The molecule has 0 bridgehead atoms. The Morgan fingerprint density at radius 2 is 1.87 bits per heavy atom. The van der Waals surface area contributed by atoms with Gasteiger partial charge in [0.25, 0.3) is 5.56 Å². The van der Waals surface area contributed by atoms with Crippen molar-refractivity contribution in [3.63, 3.8) is 0 Å². The van der Waals surface area contributed by atoms with Crippen LogP contribution in [0.15, 0.2) is 58.0 Å². The van der Waals surface area contributed by atoms with Crippen LogP contribution in [-0.2, 0) is 13.5 Å². The highest BCUT2D eigenvalue weighted by Gasteiger charge is 2.05. The Morgan fingerprint density at radius 1 is 1.26 bits per heavy atom. The van der Waals surface area contributed by atoms with E-state index >= 15 is 0 Å². The van der Waals surface area contributed by atoms with Crippen LogP contribution in [0.4, 0.5) is 5.69 Å². The van der Waals surface area contributed by atoms with Gasteiger partial charge in [-0.1, -0.05) is 32.0 Å². The van der Waals surface area contributed by atoms with Crippen molar-refractivity contribution < 1.29 is 0 Å². The predicted octanol–water partition coefficient (Wildman–Crippen LogP) is 0.823. The van der Waals surface area contributed by atoms with E-state index in [1.165, 1.54) is 15.8 Å². The molecule has 124 valence electrons. The van der Waals surface area contributed by atoms with E-state index in [-0.39, 0.29) is 6.42 Å². The second-order valence-electron chi connectivity index (χ2n) is 4.65. The Labute approximate surface area is 134 Å². The first-order chi connectivity index (χ1) is 11.0. The number of rotatable bonds is 4. The monoisotopic (exact) mass is 317 g/mol. The molecule has 0 saturated heterocycles. The largest absolute Gasteiger partial charge is 0.401 e. The first-order valence-electron chi connectivity index (χ1n) is 7.31. The quantitative estimate of drug-likeness (QED) is 0.571. The lowest BCUT2D eigenvalue weighted by atomic mass is 10.2. The zero-order chi connectivity index (χ0) is 17.4. The third-order valence-electron chi connectivity index (χ3n) is 2.94. The Hall–Kier alpha value is -2.80. The second-order valence-corrected chi connectivity index (χ2v) is 4.65. The van der Waals surface area contributed by atoms with Crippen molar-refractivity contribution in [2.24, 2.45) is 18.6 Å². The number of aryl methyl sites for hydroxylation is 1. The molecule has 0 aliphatic carbocycles. The molecule has 0 aliphatic rings. The van der Waals surface area contributed by atoms with Crippen LogP contribution in [0.3, 0.4) is 0 Å². The first-order valence-corrected chi connectivity index (χ1v) is 7.31. The third-order valence-corrected chi connectivity index (χ3v) is 2.94. The molecule has 7 heteroatoms. The van der Waals surface area contributed by atoms with Gasteiger partial charge in [0, 0.05) is 37.1 Å². The van der Waals surface area contributed by atoms with Crippen LogP contribution in [0.2, 0.25) is 0 Å². The molecular formula is C16H23N5O2. The number of nitrogens with one attached hydrogen (secondary N) is 1. The van der Waals surface area contributed by atoms with E-state index in [0.29, 0.717) is 11.3 Å². The summed E-state index contributed by atoms with van der Waals surface area (Å²) in [5.41, 5.74) is 6.57. The van der Waals surface area contributed by atoms with Gasteiger partial charge < -0.3 is 10.3 Å². The van der Waals surface area contributed by atoms with Gasteiger partial charge in [-0.3, -0.25) is 14.8 Å². The van der Waals surface area contributed by atoms with Gasteiger partial charge in [-0.2, -0.15) is 0 Å². The predicted molar refractivity (Wildman–Crippen MR) is 92.7 cm³/mol. The maximum absolute atomic E-state index is 11.7. The summed E-state index contributed by atoms with van der Waals surface area (Å²) in [6.07, 6.45) is 3.20. The summed E-state index contributed by atoms with van der Waals surface area (Å²) in [6.45, 7) is 4.00. The summed E-state index contributed by atoms with van der Waals surface area (Å²) >= 11 is 0. The minimum atomic E-state index is -0.462. The van der Waals surface area contributed by atoms with E-state index in [2.05, 4.69) is 4.98 Å². The van der Waals surface area contributed by atoms with Crippen LogP contribution in [-0.4, -0.2) is 9.55 Å². The first kappa shape index (κ1) is 18.2.